The number of fused-ring (bicyclic) bond motifs is 3. The summed E-state index contributed by atoms with van der Waals surface area (Å²) in [5.41, 5.74) is 0.363. The highest BCUT2D eigenvalue weighted by Gasteiger charge is 2.37. The quantitative estimate of drug-likeness (QED) is 0.396. The van der Waals surface area contributed by atoms with E-state index in [1.807, 2.05) is 0 Å². The van der Waals surface area contributed by atoms with Gasteiger partial charge in [-0.25, -0.2) is 0 Å². The predicted molar refractivity (Wildman–Crippen MR) is 38.5 cm³/mol. The molecular formula is C7H10N2O2. The highest BCUT2D eigenvalue weighted by molar-refractivity contribution is 6.40. The molecule has 0 aromatic carbocycles. The van der Waals surface area contributed by atoms with E-state index >= 15 is 0 Å². The average molecular weight is 154 g/mol. The van der Waals surface area contributed by atoms with E-state index in [1.54, 1.807) is 4.90 Å². The lowest BCUT2D eigenvalue weighted by Gasteiger charge is -2.38. The van der Waals surface area contributed by atoms with E-state index in [0.29, 0.717) is 5.71 Å². The van der Waals surface area contributed by atoms with Crippen LogP contribution < -0.4 is 0 Å². The SMILES string of the molecule is O=C1/C(=N/O)C2CCN1CC2. The van der Waals surface area contributed by atoms with E-state index in [0.717, 1.165) is 25.9 Å². The van der Waals surface area contributed by atoms with Crippen LogP contribution >= 0.6 is 0 Å². The molecule has 0 aromatic heterocycles. The maximum Gasteiger partial charge on any atom is 0.271 e. The molecule has 0 saturated carbocycles. The van der Waals surface area contributed by atoms with Gasteiger partial charge in [0.2, 0.25) is 0 Å². The molecule has 0 atom stereocenters. The van der Waals surface area contributed by atoms with E-state index in [2.05, 4.69) is 5.16 Å². The largest absolute Gasteiger partial charge is 0.410 e. The number of carbonyl (C=O) groups excluding carboxylic acids is 1. The van der Waals surface area contributed by atoms with Crippen molar-refractivity contribution in [3.05, 3.63) is 0 Å². The van der Waals surface area contributed by atoms with Gasteiger partial charge in [-0.15, -0.1) is 0 Å². The molecule has 0 unspecified atom stereocenters. The summed E-state index contributed by atoms with van der Waals surface area (Å²) < 4.78 is 0. The molecule has 3 saturated heterocycles. The van der Waals surface area contributed by atoms with Crippen LogP contribution in [0.2, 0.25) is 0 Å². The number of hydrogen-bond donors (Lipinski definition) is 1. The van der Waals surface area contributed by atoms with E-state index in [4.69, 9.17) is 5.21 Å². The van der Waals surface area contributed by atoms with E-state index in [-0.39, 0.29) is 11.8 Å². The van der Waals surface area contributed by atoms with E-state index in [9.17, 15) is 4.79 Å². The lowest BCUT2D eigenvalue weighted by molar-refractivity contribution is -0.128. The van der Waals surface area contributed by atoms with Crippen molar-refractivity contribution in [3.8, 4) is 0 Å². The molecule has 1 amide bonds. The predicted octanol–water partition coefficient (Wildman–Crippen LogP) is 0.0688. The van der Waals surface area contributed by atoms with Crippen LogP contribution in [0.15, 0.2) is 5.16 Å². The summed E-state index contributed by atoms with van der Waals surface area (Å²) in [4.78, 5) is 13.0. The molecule has 0 aliphatic carbocycles. The summed E-state index contributed by atoms with van der Waals surface area (Å²) in [5, 5.41) is 11.6. The number of amides is 1. The first kappa shape index (κ1) is 6.64. The summed E-state index contributed by atoms with van der Waals surface area (Å²) in [6.07, 6.45) is 1.93. The first-order valence-electron chi connectivity index (χ1n) is 3.84. The second-order valence-corrected chi connectivity index (χ2v) is 3.05. The van der Waals surface area contributed by atoms with Crippen LogP contribution in [-0.2, 0) is 4.79 Å². The van der Waals surface area contributed by atoms with Gasteiger partial charge in [0.1, 0.15) is 5.71 Å². The van der Waals surface area contributed by atoms with E-state index in [1.165, 1.54) is 0 Å². The first-order valence-corrected chi connectivity index (χ1v) is 3.84. The Hall–Kier alpha value is -1.06. The molecular weight excluding hydrogens is 144 g/mol. The lowest BCUT2D eigenvalue weighted by atomic mass is 9.86. The third-order valence-corrected chi connectivity index (χ3v) is 2.50. The van der Waals surface area contributed by atoms with Gasteiger partial charge in [-0.3, -0.25) is 4.79 Å². The zero-order valence-corrected chi connectivity index (χ0v) is 6.16. The standard InChI is InChI=1S/C7H10N2O2/c10-7-6(8-11)5-1-3-9(7)4-2-5/h5,11H,1-4H2/b8-6+. The maximum atomic E-state index is 11.3. The third-order valence-electron chi connectivity index (χ3n) is 2.50. The molecule has 3 fully saturated rings. The van der Waals surface area contributed by atoms with Crippen molar-refractivity contribution in [2.24, 2.45) is 11.1 Å². The smallest absolute Gasteiger partial charge is 0.271 e. The molecule has 4 heteroatoms. The van der Waals surface area contributed by atoms with Gasteiger partial charge in [-0.2, -0.15) is 0 Å². The molecule has 60 valence electrons. The number of nitrogens with zero attached hydrogens (tertiary/aromatic N) is 2. The highest BCUT2D eigenvalue weighted by Crippen LogP contribution is 2.25. The number of piperidine rings is 3. The van der Waals surface area contributed by atoms with E-state index < -0.39 is 0 Å². The monoisotopic (exact) mass is 154 g/mol. The van der Waals surface area contributed by atoms with Crippen molar-refractivity contribution in [1.82, 2.24) is 4.90 Å². The number of rotatable bonds is 0. The third kappa shape index (κ3) is 0.818. The number of hydrogen-bond acceptors (Lipinski definition) is 3. The first-order chi connectivity index (χ1) is 5.33. The fraction of sp³-hybridized carbons (Fsp3) is 0.714. The normalized spacial score (nSPS) is 28.5. The number of oxime groups is 1. The second-order valence-electron chi connectivity index (χ2n) is 3.05. The molecule has 0 spiro atoms. The fourth-order valence-corrected chi connectivity index (χ4v) is 1.82. The summed E-state index contributed by atoms with van der Waals surface area (Å²) in [6, 6.07) is 0. The molecule has 0 radical (unpaired) electrons. The van der Waals surface area contributed by atoms with Gasteiger partial charge in [0.25, 0.3) is 5.91 Å². The molecule has 4 nitrogen and oxygen atoms in total. The molecule has 2 bridgehead atoms. The van der Waals surface area contributed by atoms with Crippen LogP contribution in [0.4, 0.5) is 0 Å². The second kappa shape index (κ2) is 2.22. The van der Waals surface area contributed by atoms with Crippen LogP contribution in [0.5, 0.6) is 0 Å². The van der Waals surface area contributed by atoms with Crippen LogP contribution in [0.3, 0.4) is 0 Å². The topological polar surface area (TPSA) is 52.9 Å². The summed E-state index contributed by atoms with van der Waals surface area (Å²) in [5.74, 6) is 0.146. The summed E-state index contributed by atoms with van der Waals surface area (Å²) >= 11 is 0. The highest BCUT2D eigenvalue weighted by atomic mass is 16.4. The summed E-state index contributed by atoms with van der Waals surface area (Å²) in [7, 11) is 0. The van der Waals surface area contributed by atoms with Gasteiger partial charge >= 0.3 is 0 Å². The molecule has 3 aliphatic heterocycles. The van der Waals surface area contributed by atoms with Crippen molar-refractivity contribution in [1.29, 1.82) is 0 Å². The fourth-order valence-electron chi connectivity index (χ4n) is 1.82. The van der Waals surface area contributed by atoms with Crippen LogP contribution in [0.25, 0.3) is 0 Å². The molecule has 3 heterocycles. The van der Waals surface area contributed by atoms with Gasteiger partial charge < -0.3 is 10.1 Å². The maximum absolute atomic E-state index is 11.3. The molecule has 3 rings (SSSR count). The Morgan fingerprint density at radius 2 is 2.09 bits per heavy atom. The number of carbonyl (C=O) groups is 1. The average Bonchev–Trinajstić information content (AvgIpc) is 2.06. The van der Waals surface area contributed by atoms with Gasteiger partial charge in [-0.1, -0.05) is 5.16 Å². The Morgan fingerprint density at radius 3 is 2.45 bits per heavy atom. The molecule has 0 aromatic rings. The zero-order chi connectivity index (χ0) is 7.84. The van der Waals surface area contributed by atoms with Gasteiger partial charge in [0, 0.05) is 19.0 Å². The van der Waals surface area contributed by atoms with Crippen molar-refractivity contribution in [2.75, 3.05) is 13.1 Å². The van der Waals surface area contributed by atoms with Crippen LogP contribution in [-0.4, -0.2) is 34.8 Å². The Kier molecular flexibility index (Phi) is 1.34. The van der Waals surface area contributed by atoms with Crippen LogP contribution in [0.1, 0.15) is 12.8 Å². The Labute approximate surface area is 64.5 Å². The van der Waals surface area contributed by atoms with Gasteiger partial charge in [0.05, 0.1) is 0 Å². The minimum atomic E-state index is -0.0741. The Bertz CT molecular complexity index is 216. The Balaban J connectivity index is 2.30. The van der Waals surface area contributed by atoms with Crippen molar-refractivity contribution in [2.45, 2.75) is 12.8 Å². The lowest BCUT2D eigenvalue weighted by Crippen LogP contribution is -2.52. The van der Waals surface area contributed by atoms with Gasteiger partial charge in [-0.05, 0) is 12.8 Å². The molecule has 11 heavy (non-hydrogen) atoms. The Morgan fingerprint density at radius 1 is 1.45 bits per heavy atom. The zero-order valence-electron chi connectivity index (χ0n) is 6.16. The van der Waals surface area contributed by atoms with Crippen molar-refractivity contribution < 1.29 is 10.0 Å². The molecule has 1 N–H and O–H groups in total. The summed E-state index contributed by atoms with van der Waals surface area (Å²) in [6.45, 7) is 1.67. The van der Waals surface area contributed by atoms with Crippen LogP contribution in [0, 0.1) is 5.92 Å². The molecule has 3 aliphatic rings. The van der Waals surface area contributed by atoms with Gasteiger partial charge in [0.15, 0.2) is 0 Å². The van der Waals surface area contributed by atoms with Crippen molar-refractivity contribution >= 4 is 11.6 Å². The van der Waals surface area contributed by atoms with Crippen molar-refractivity contribution in [3.63, 3.8) is 0 Å². The minimum Gasteiger partial charge on any atom is -0.410 e. The minimum absolute atomic E-state index is 0.0741.